The van der Waals surface area contributed by atoms with Crippen LogP contribution in [0.5, 0.6) is 0 Å². The van der Waals surface area contributed by atoms with Gasteiger partial charge in [0.15, 0.2) is 0 Å². The van der Waals surface area contributed by atoms with Crippen molar-refractivity contribution >= 4 is 0 Å². The maximum absolute atomic E-state index is 8.48. The minimum absolute atomic E-state index is 0.236. The van der Waals surface area contributed by atoms with Crippen LogP contribution in [0.2, 0.25) is 0 Å². The van der Waals surface area contributed by atoms with Crippen molar-refractivity contribution < 1.29 is 10.2 Å². The Hall–Kier alpha value is -0.120. The molecule has 3 N–H and O–H groups in total. The summed E-state index contributed by atoms with van der Waals surface area (Å²) in [7, 11) is 0. The molecule has 0 saturated carbocycles. The van der Waals surface area contributed by atoms with Gasteiger partial charge in [0.2, 0.25) is 0 Å². The van der Waals surface area contributed by atoms with Gasteiger partial charge in [-0.1, -0.05) is 20.8 Å². The van der Waals surface area contributed by atoms with Gasteiger partial charge in [0.25, 0.3) is 0 Å². The van der Waals surface area contributed by atoms with Crippen molar-refractivity contribution in [3.8, 4) is 0 Å². The third-order valence-corrected chi connectivity index (χ3v) is 1.67. The van der Waals surface area contributed by atoms with Crippen LogP contribution in [-0.2, 0) is 0 Å². The Labute approximate surface area is 82.2 Å². The lowest BCUT2D eigenvalue weighted by Gasteiger charge is -2.03. The summed E-state index contributed by atoms with van der Waals surface area (Å²) in [6.07, 6.45) is 1.73. The molecule has 1 atom stereocenters. The molecule has 0 fully saturated rings. The molecule has 0 aliphatic rings. The molecule has 0 aromatic heterocycles. The summed E-state index contributed by atoms with van der Waals surface area (Å²) < 4.78 is 0. The number of aliphatic hydroxyl groups excluding tert-OH is 2. The van der Waals surface area contributed by atoms with E-state index in [-0.39, 0.29) is 13.2 Å². The van der Waals surface area contributed by atoms with Gasteiger partial charge >= 0.3 is 0 Å². The van der Waals surface area contributed by atoms with E-state index in [1.54, 1.807) is 0 Å². The third-order valence-electron chi connectivity index (χ3n) is 1.67. The SMILES string of the molecule is CC(CO)CCCO.CCNCC. The lowest BCUT2D eigenvalue weighted by molar-refractivity contribution is 0.212. The van der Waals surface area contributed by atoms with Crippen LogP contribution in [0.4, 0.5) is 0 Å². The van der Waals surface area contributed by atoms with Gasteiger partial charge in [-0.15, -0.1) is 0 Å². The van der Waals surface area contributed by atoms with Crippen LogP contribution in [0.15, 0.2) is 0 Å². The quantitative estimate of drug-likeness (QED) is 0.587. The van der Waals surface area contributed by atoms with Crippen LogP contribution < -0.4 is 5.32 Å². The highest BCUT2D eigenvalue weighted by atomic mass is 16.3. The Morgan fingerprint density at radius 3 is 1.92 bits per heavy atom. The molecule has 0 amide bonds. The first-order chi connectivity index (χ1) is 6.22. The van der Waals surface area contributed by atoms with Crippen molar-refractivity contribution in [2.75, 3.05) is 26.3 Å². The van der Waals surface area contributed by atoms with E-state index in [1.807, 2.05) is 6.92 Å². The van der Waals surface area contributed by atoms with Crippen molar-refractivity contribution in [3.63, 3.8) is 0 Å². The Morgan fingerprint density at radius 2 is 1.69 bits per heavy atom. The van der Waals surface area contributed by atoms with Gasteiger partial charge in [-0.3, -0.25) is 0 Å². The summed E-state index contributed by atoms with van der Waals surface area (Å²) in [5, 5.41) is 19.9. The predicted octanol–water partition coefficient (Wildman–Crippen LogP) is 1.00. The number of hydrogen-bond donors (Lipinski definition) is 3. The lowest BCUT2D eigenvalue weighted by atomic mass is 10.1. The van der Waals surface area contributed by atoms with Crippen LogP contribution in [0.1, 0.15) is 33.6 Å². The average Bonchev–Trinajstić information content (AvgIpc) is 2.16. The number of hydrogen-bond acceptors (Lipinski definition) is 3. The lowest BCUT2D eigenvalue weighted by Crippen LogP contribution is -2.09. The molecule has 3 heteroatoms. The van der Waals surface area contributed by atoms with E-state index >= 15 is 0 Å². The van der Waals surface area contributed by atoms with Gasteiger partial charge in [-0.25, -0.2) is 0 Å². The molecule has 0 spiro atoms. The van der Waals surface area contributed by atoms with Crippen molar-refractivity contribution in [1.82, 2.24) is 5.32 Å². The van der Waals surface area contributed by atoms with E-state index in [9.17, 15) is 0 Å². The molecule has 1 unspecified atom stereocenters. The van der Waals surface area contributed by atoms with Gasteiger partial charge in [0, 0.05) is 13.2 Å². The average molecular weight is 191 g/mol. The minimum Gasteiger partial charge on any atom is -0.396 e. The maximum atomic E-state index is 8.48. The molecule has 0 rings (SSSR count). The molecular formula is C10H25NO2. The monoisotopic (exact) mass is 191 g/mol. The van der Waals surface area contributed by atoms with Crippen LogP contribution in [0.3, 0.4) is 0 Å². The second-order valence-electron chi connectivity index (χ2n) is 3.11. The van der Waals surface area contributed by atoms with Gasteiger partial charge in [-0.2, -0.15) is 0 Å². The van der Waals surface area contributed by atoms with Crippen molar-refractivity contribution in [2.45, 2.75) is 33.6 Å². The Balaban J connectivity index is 0. The van der Waals surface area contributed by atoms with E-state index in [1.165, 1.54) is 0 Å². The van der Waals surface area contributed by atoms with Crippen LogP contribution in [0, 0.1) is 5.92 Å². The summed E-state index contributed by atoms with van der Waals surface area (Å²) in [5.41, 5.74) is 0. The molecule has 0 aromatic carbocycles. The van der Waals surface area contributed by atoms with Crippen molar-refractivity contribution in [1.29, 1.82) is 0 Å². The fourth-order valence-corrected chi connectivity index (χ4v) is 0.781. The van der Waals surface area contributed by atoms with Gasteiger partial charge in [0.1, 0.15) is 0 Å². The summed E-state index contributed by atoms with van der Waals surface area (Å²) in [6.45, 7) is 8.83. The molecule has 0 aliphatic carbocycles. The Morgan fingerprint density at radius 1 is 1.15 bits per heavy atom. The fraction of sp³-hybridized carbons (Fsp3) is 1.00. The van der Waals surface area contributed by atoms with Crippen LogP contribution >= 0.6 is 0 Å². The topological polar surface area (TPSA) is 52.5 Å². The standard InChI is InChI=1S/C6H14O2.C4H11N/c1-6(5-8)3-2-4-7;1-3-5-4-2/h6-8H,2-5H2,1H3;5H,3-4H2,1-2H3. The van der Waals surface area contributed by atoms with E-state index in [0.717, 1.165) is 25.9 Å². The van der Waals surface area contributed by atoms with Crippen molar-refractivity contribution in [2.24, 2.45) is 5.92 Å². The molecule has 3 nitrogen and oxygen atoms in total. The third kappa shape index (κ3) is 18.7. The highest BCUT2D eigenvalue weighted by Crippen LogP contribution is 2.01. The number of aliphatic hydroxyl groups is 2. The summed E-state index contributed by atoms with van der Waals surface area (Å²) in [5.74, 6) is 0.349. The normalized spacial score (nSPS) is 11.8. The first-order valence-corrected chi connectivity index (χ1v) is 5.15. The molecular weight excluding hydrogens is 166 g/mol. The number of nitrogens with one attached hydrogen (secondary N) is 1. The van der Waals surface area contributed by atoms with Gasteiger partial charge in [0.05, 0.1) is 0 Å². The zero-order chi connectivity index (χ0) is 10.5. The van der Waals surface area contributed by atoms with E-state index < -0.39 is 0 Å². The molecule has 0 aromatic rings. The van der Waals surface area contributed by atoms with Crippen molar-refractivity contribution in [3.05, 3.63) is 0 Å². The second-order valence-corrected chi connectivity index (χ2v) is 3.11. The molecule has 0 heterocycles. The maximum Gasteiger partial charge on any atom is 0.0456 e. The molecule has 0 radical (unpaired) electrons. The molecule has 0 aliphatic heterocycles. The van der Waals surface area contributed by atoms with Crippen LogP contribution in [0.25, 0.3) is 0 Å². The Kier molecular flexibility index (Phi) is 17.0. The highest BCUT2D eigenvalue weighted by Gasteiger charge is 1.96. The molecule has 0 bridgehead atoms. The van der Waals surface area contributed by atoms with Crippen LogP contribution in [-0.4, -0.2) is 36.5 Å². The smallest absolute Gasteiger partial charge is 0.0456 e. The fourth-order valence-electron chi connectivity index (χ4n) is 0.781. The summed E-state index contributed by atoms with van der Waals surface area (Å²) in [6, 6.07) is 0. The highest BCUT2D eigenvalue weighted by molar-refractivity contribution is 4.48. The van der Waals surface area contributed by atoms with E-state index in [4.69, 9.17) is 10.2 Å². The molecule has 13 heavy (non-hydrogen) atoms. The summed E-state index contributed by atoms with van der Waals surface area (Å²) >= 11 is 0. The van der Waals surface area contributed by atoms with Gasteiger partial charge in [-0.05, 0) is 31.8 Å². The zero-order valence-electron chi connectivity index (χ0n) is 9.21. The zero-order valence-corrected chi connectivity index (χ0v) is 9.21. The van der Waals surface area contributed by atoms with E-state index in [2.05, 4.69) is 19.2 Å². The molecule has 0 saturated heterocycles. The summed E-state index contributed by atoms with van der Waals surface area (Å²) in [4.78, 5) is 0. The van der Waals surface area contributed by atoms with Gasteiger partial charge < -0.3 is 15.5 Å². The largest absolute Gasteiger partial charge is 0.396 e. The number of rotatable bonds is 6. The second kappa shape index (κ2) is 14.4. The first-order valence-electron chi connectivity index (χ1n) is 5.15. The first kappa shape index (κ1) is 15.4. The van der Waals surface area contributed by atoms with E-state index in [0.29, 0.717) is 5.92 Å². The predicted molar refractivity (Wildman–Crippen MR) is 56.8 cm³/mol. The minimum atomic E-state index is 0.236. The molecule has 82 valence electrons. The Bertz CT molecular complexity index is 77.3.